The maximum Gasteiger partial charge on any atom is 0.349 e. The summed E-state index contributed by atoms with van der Waals surface area (Å²) < 4.78 is 0. The highest BCUT2D eigenvalue weighted by atomic mass is 35.5. The lowest BCUT2D eigenvalue weighted by Gasteiger charge is -2.20. The van der Waals surface area contributed by atoms with Crippen LogP contribution in [0, 0.1) is 0 Å². The van der Waals surface area contributed by atoms with Crippen molar-refractivity contribution in [3.05, 3.63) is 10.0 Å². The Morgan fingerprint density at radius 2 is 2.35 bits per heavy atom. The summed E-state index contributed by atoms with van der Waals surface area (Å²) in [6, 6.07) is 0.533. The van der Waals surface area contributed by atoms with Crippen molar-refractivity contribution in [2.75, 3.05) is 11.4 Å². The van der Waals surface area contributed by atoms with Crippen molar-refractivity contribution in [3.8, 4) is 0 Å². The topological polar surface area (TPSA) is 53.4 Å². The average molecular weight is 275 g/mol. The van der Waals surface area contributed by atoms with Gasteiger partial charge < -0.3 is 10.0 Å². The molecule has 1 fully saturated rings. The van der Waals surface area contributed by atoms with Gasteiger partial charge in [-0.1, -0.05) is 36.3 Å². The largest absolute Gasteiger partial charge is 0.477 e. The number of carbonyl (C=O) groups is 1. The Labute approximate surface area is 109 Å². The molecule has 94 valence electrons. The van der Waals surface area contributed by atoms with Crippen LogP contribution in [0.25, 0.3) is 0 Å². The molecule has 17 heavy (non-hydrogen) atoms. The number of hydrogen-bond acceptors (Lipinski definition) is 4. The van der Waals surface area contributed by atoms with E-state index in [4.69, 9.17) is 16.7 Å². The smallest absolute Gasteiger partial charge is 0.349 e. The normalized spacial score (nSPS) is 14.9. The van der Waals surface area contributed by atoms with Gasteiger partial charge in [-0.3, -0.25) is 0 Å². The lowest BCUT2D eigenvalue weighted by atomic mass is 10.3. The maximum atomic E-state index is 10.9. The zero-order valence-electron chi connectivity index (χ0n) is 9.65. The number of unbranched alkanes of at least 4 members (excludes halogenated alkanes) is 1. The Kier molecular flexibility index (Phi) is 3.89. The lowest BCUT2D eigenvalue weighted by molar-refractivity contribution is 0.0702. The first-order valence-corrected chi connectivity index (χ1v) is 6.99. The molecular formula is C11H15ClN2O2S. The van der Waals surface area contributed by atoms with Gasteiger partial charge in [0.05, 0.1) is 0 Å². The van der Waals surface area contributed by atoms with Gasteiger partial charge in [0.1, 0.15) is 0 Å². The molecule has 4 nitrogen and oxygen atoms in total. The van der Waals surface area contributed by atoms with Gasteiger partial charge in [-0.25, -0.2) is 9.78 Å². The summed E-state index contributed by atoms with van der Waals surface area (Å²) in [5.74, 6) is -0.995. The molecule has 1 aromatic heterocycles. The number of rotatable bonds is 6. The van der Waals surface area contributed by atoms with Gasteiger partial charge in [-0.15, -0.1) is 0 Å². The van der Waals surface area contributed by atoms with Crippen LogP contribution < -0.4 is 4.90 Å². The van der Waals surface area contributed by atoms with E-state index >= 15 is 0 Å². The summed E-state index contributed by atoms with van der Waals surface area (Å²) in [6.45, 7) is 3.08. The number of halogens is 1. The third-order valence-corrected chi connectivity index (χ3v) is 4.22. The number of thiazole rings is 1. The van der Waals surface area contributed by atoms with E-state index in [0.717, 1.165) is 24.5 Å². The molecule has 1 heterocycles. The standard InChI is InChI=1S/C11H15ClN2O2S/c1-2-3-6-14(7-4-5-7)11-13-9(12)8(17-11)10(15)16/h7H,2-6H2,1H3,(H,15,16). The molecule has 2 rings (SSSR count). The van der Waals surface area contributed by atoms with E-state index in [1.165, 1.54) is 24.2 Å². The van der Waals surface area contributed by atoms with Crippen molar-refractivity contribution in [2.45, 2.75) is 38.6 Å². The summed E-state index contributed by atoms with van der Waals surface area (Å²) in [6.07, 6.45) is 4.55. The van der Waals surface area contributed by atoms with E-state index in [1.807, 2.05) is 0 Å². The van der Waals surface area contributed by atoms with Crippen LogP contribution >= 0.6 is 22.9 Å². The predicted molar refractivity (Wildman–Crippen MR) is 69.4 cm³/mol. The molecule has 0 aliphatic heterocycles. The van der Waals surface area contributed by atoms with Crippen LogP contribution in [-0.4, -0.2) is 28.6 Å². The first-order valence-electron chi connectivity index (χ1n) is 5.79. The summed E-state index contributed by atoms with van der Waals surface area (Å²) in [5, 5.41) is 9.82. The minimum Gasteiger partial charge on any atom is -0.477 e. The number of aromatic carboxylic acids is 1. The number of aromatic nitrogens is 1. The van der Waals surface area contributed by atoms with Crippen molar-refractivity contribution in [2.24, 2.45) is 0 Å². The molecule has 0 spiro atoms. The van der Waals surface area contributed by atoms with E-state index in [0.29, 0.717) is 6.04 Å². The summed E-state index contributed by atoms with van der Waals surface area (Å²) >= 11 is 7.01. The van der Waals surface area contributed by atoms with E-state index in [9.17, 15) is 4.79 Å². The second-order valence-electron chi connectivity index (χ2n) is 4.20. The average Bonchev–Trinajstić information content (AvgIpc) is 3.02. The Bertz CT molecular complexity index is 418. The van der Waals surface area contributed by atoms with Crippen LogP contribution in [-0.2, 0) is 0 Å². The quantitative estimate of drug-likeness (QED) is 0.865. The number of carboxylic acid groups (broad SMARTS) is 1. The highest BCUT2D eigenvalue weighted by molar-refractivity contribution is 7.18. The van der Waals surface area contributed by atoms with Gasteiger partial charge in [-0.2, -0.15) is 0 Å². The molecule has 0 bridgehead atoms. The SMILES string of the molecule is CCCCN(c1nc(Cl)c(C(=O)O)s1)C1CC1. The minimum absolute atomic E-state index is 0.111. The highest BCUT2D eigenvalue weighted by Gasteiger charge is 2.31. The highest BCUT2D eigenvalue weighted by Crippen LogP contribution is 2.36. The van der Waals surface area contributed by atoms with E-state index in [2.05, 4.69) is 16.8 Å². The van der Waals surface area contributed by atoms with Crippen LogP contribution in [0.3, 0.4) is 0 Å². The summed E-state index contributed by atoms with van der Waals surface area (Å²) in [5.41, 5.74) is 0. The van der Waals surface area contributed by atoms with Gasteiger partial charge in [-0.05, 0) is 19.3 Å². The molecule has 0 aromatic carbocycles. The predicted octanol–water partition coefficient (Wildman–Crippen LogP) is 3.26. The van der Waals surface area contributed by atoms with Gasteiger partial charge in [0, 0.05) is 12.6 Å². The van der Waals surface area contributed by atoms with Crippen molar-refractivity contribution in [3.63, 3.8) is 0 Å². The number of carboxylic acids is 1. The number of hydrogen-bond donors (Lipinski definition) is 1. The Morgan fingerprint density at radius 3 is 2.82 bits per heavy atom. The third kappa shape index (κ3) is 2.90. The monoisotopic (exact) mass is 274 g/mol. The fourth-order valence-corrected chi connectivity index (χ4v) is 2.92. The summed E-state index contributed by atoms with van der Waals surface area (Å²) in [4.78, 5) is 17.4. The van der Waals surface area contributed by atoms with Crippen molar-refractivity contribution in [1.82, 2.24) is 4.98 Å². The molecule has 0 amide bonds. The van der Waals surface area contributed by atoms with Crippen LogP contribution in [0.15, 0.2) is 0 Å². The fourth-order valence-electron chi connectivity index (χ4n) is 1.69. The number of anilines is 1. The van der Waals surface area contributed by atoms with E-state index < -0.39 is 5.97 Å². The van der Waals surface area contributed by atoms with Crippen molar-refractivity contribution in [1.29, 1.82) is 0 Å². The third-order valence-electron chi connectivity index (χ3n) is 2.75. The second-order valence-corrected chi connectivity index (χ2v) is 5.54. The van der Waals surface area contributed by atoms with Gasteiger partial charge >= 0.3 is 5.97 Å². The van der Waals surface area contributed by atoms with E-state index in [1.54, 1.807) is 0 Å². The van der Waals surface area contributed by atoms with E-state index in [-0.39, 0.29) is 10.0 Å². The van der Waals surface area contributed by atoms with Gasteiger partial charge in [0.2, 0.25) is 0 Å². The zero-order chi connectivity index (χ0) is 12.4. The van der Waals surface area contributed by atoms with Gasteiger partial charge in [0.15, 0.2) is 15.2 Å². The molecule has 0 radical (unpaired) electrons. The molecule has 1 aliphatic rings. The lowest BCUT2D eigenvalue weighted by Crippen LogP contribution is -2.26. The molecule has 1 aliphatic carbocycles. The van der Waals surface area contributed by atoms with Gasteiger partial charge in [0.25, 0.3) is 0 Å². The molecule has 1 aromatic rings. The molecule has 6 heteroatoms. The Balaban J connectivity index is 2.17. The Hall–Kier alpha value is -0.810. The first-order chi connectivity index (χ1) is 8.13. The zero-order valence-corrected chi connectivity index (χ0v) is 11.2. The Morgan fingerprint density at radius 1 is 1.65 bits per heavy atom. The molecule has 0 saturated heterocycles. The summed E-state index contributed by atoms with van der Waals surface area (Å²) in [7, 11) is 0. The van der Waals surface area contributed by atoms with Crippen LogP contribution in [0.1, 0.15) is 42.3 Å². The molecule has 0 unspecified atom stereocenters. The maximum absolute atomic E-state index is 10.9. The van der Waals surface area contributed by atoms with Crippen LogP contribution in [0.2, 0.25) is 5.15 Å². The van der Waals surface area contributed by atoms with Crippen LogP contribution in [0.5, 0.6) is 0 Å². The first kappa shape index (κ1) is 12.6. The fraction of sp³-hybridized carbons (Fsp3) is 0.636. The van der Waals surface area contributed by atoms with Crippen molar-refractivity contribution >= 4 is 34.0 Å². The second kappa shape index (κ2) is 5.23. The molecule has 1 saturated carbocycles. The minimum atomic E-state index is -0.995. The molecule has 1 N–H and O–H groups in total. The molecule has 0 atom stereocenters. The van der Waals surface area contributed by atoms with Crippen molar-refractivity contribution < 1.29 is 9.90 Å². The number of nitrogens with zero attached hydrogens (tertiary/aromatic N) is 2. The molecular weight excluding hydrogens is 260 g/mol. The van der Waals surface area contributed by atoms with Crippen LogP contribution in [0.4, 0.5) is 5.13 Å².